The van der Waals surface area contributed by atoms with E-state index in [2.05, 4.69) is 9.64 Å². The van der Waals surface area contributed by atoms with E-state index in [1.54, 1.807) is 24.3 Å². The molecule has 0 unspecified atom stereocenters. The first-order chi connectivity index (χ1) is 13.8. The SMILES string of the molecule is COC(=O)c1ccc(OCCCCN2CCCN(C(=O)OC(C)(C)C)CC2)cc1. The number of rotatable bonds is 7. The van der Waals surface area contributed by atoms with Crippen LogP contribution in [0.25, 0.3) is 0 Å². The highest BCUT2D eigenvalue weighted by Crippen LogP contribution is 2.14. The first-order valence-electron chi connectivity index (χ1n) is 10.3. The van der Waals surface area contributed by atoms with Crippen molar-refractivity contribution in [3.63, 3.8) is 0 Å². The van der Waals surface area contributed by atoms with Gasteiger partial charge in [0, 0.05) is 19.6 Å². The molecule has 7 nitrogen and oxygen atoms in total. The zero-order valence-electron chi connectivity index (χ0n) is 18.1. The Hall–Kier alpha value is -2.28. The molecule has 0 aromatic heterocycles. The van der Waals surface area contributed by atoms with E-state index in [9.17, 15) is 9.59 Å². The average molecular weight is 407 g/mol. The minimum absolute atomic E-state index is 0.217. The third kappa shape index (κ3) is 8.31. The molecule has 0 N–H and O–H groups in total. The van der Waals surface area contributed by atoms with Crippen molar-refractivity contribution in [3.05, 3.63) is 29.8 Å². The molecule has 1 saturated heterocycles. The number of unbranched alkanes of at least 4 members (excludes halogenated alkanes) is 1. The number of hydrogen-bond acceptors (Lipinski definition) is 6. The third-order valence-electron chi connectivity index (χ3n) is 4.65. The minimum Gasteiger partial charge on any atom is -0.494 e. The van der Waals surface area contributed by atoms with E-state index >= 15 is 0 Å². The van der Waals surface area contributed by atoms with Gasteiger partial charge in [0.2, 0.25) is 0 Å². The molecule has 0 radical (unpaired) electrons. The lowest BCUT2D eigenvalue weighted by atomic mass is 10.2. The lowest BCUT2D eigenvalue weighted by Crippen LogP contribution is -2.39. The Morgan fingerprint density at radius 1 is 1.00 bits per heavy atom. The summed E-state index contributed by atoms with van der Waals surface area (Å²) in [5, 5.41) is 0. The number of ether oxygens (including phenoxy) is 3. The first kappa shape index (κ1) is 23.0. The molecule has 1 aliphatic rings. The standard InChI is InChI=1S/C22H34N2O5/c1-22(2,3)29-21(26)24-14-7-13-23(15-16-24)12-5-6-17-28-19-10-8-18(9-11-19)20(25)27-4/h8-11H,5-7,12-17H2,1-4H3. The van der Waals surface area contributed by atoms with Crippen molar-refractivity contribution in [2.24, 2.45) is 0 Å². The van der Waals surface area contributed by atoms with Crippen molar-refractivity contribution in [3.8, 4) is 5.75 Å². The molecule has 0 bridgehead atoms. The van der Waals surface area contributed by atoms with Crippen LogP contribution in [0, 0.1) is 0 Å². The summed E-state index contributed by atoms with van der Waals surface area (Å²) in [7, 11) is 1.37. The number of amides is 1. The van der Waals surface area contributed by atoms with Crippen LogP contribution < -0.4 is 4.74 Å². The van der Waals surface area contributed by atoms with Gasteiger partial charge in [0.15, 0.2) is 0 Å². The second kappa shape index (κ2) is 11.0. The smallest absolute Gasteiger partial charge is 0.410 e. The van der Waals surface area contributed by atoms with Crippen LogP contribution >= 0.6 is 0 Å². The molecule has 1 amide bonds. The summed E-state index contributed by atoms with van der Waals surface area (Å²) in [5.41, 5.74) is 0.0596. The average Bonchev–Trinajstić information content (AvgIpc) is 2.92. The highest BCUT2D eigenvalue weighted by atomic mass is 16.6. The number of methoxy groups -OCH3 is 1. The van der Waals surface area contributed by atoms with Crippen molar-refractivity contribution >= 4 is 12.1 Å². The van der Waals surface area contributed by atoms with E-state index in [1.165, 1.54) is 7.11 Å². The lowest BCUT2D eigenvalue weighted by molar-refractivity contribution is 0.0257. The molecule has 0 spiro atoms. The van der Waals surface area contributed by atoms with Crippen molar-refractivity contribution in [1.29, 1.82) is 0 Å². The Kier molecular flexibility index (Phi) is 8.76. The monoisotopic (exact) mass is 406 g/mol. The second-order valence-corrected chi connectivity index (χ2v) is 8.23. The Morgan fingerprint density at radius 3 is 2.38 bits per heavy atom. The van der Waals surface area contributed by atoms with Gasteiger partial charge in [-0.1, -0.05) is 0 Å². The molecule has 7 heteroatoms. The molecular weight excluding hydrogens is 372 g/mol. The van der Waals surface area contributed by atoms with Crippen LogP contribution in [0.1, 0.15) is 50.4 Å². The maximum absolute atomic E-state index is 12.2. The van der Waals surface area contributed by atoms with Gasteiger partial charge in [0.1, 0.15) is 11.4 Å². The van der Waals surface area contributed by atoms with Crippen LogP contribution in [-0.4, -0.2) is 73.9 Å². The predicted molar refractivity (Wildman–Crippen MR) is 111 cm³/mol. The second-order valence-electron chi connectivity index (χ2n) is 8.23. The molecule has 1 heterocycles. The predicted octanol–water partition coefficient (Wildman–Crippen LogP) is 3.58. The van der Waals surface area contributed by atoms with Gasteiger partial charge in [-0.25, -0.2) is 9.59 Å². The van der Waals surface area contributed by atoms with Gasteiger partial charge in [0.25, 0.3) is 0 Å². The maximum atomic E-state index is 12.2. The Balaban J connectivity index is 1.63. The first-order valence-corrected chi connectivity index (χ1v) is 10.3. The van der Waals surface area contributed by atoms with E-state index in [0.717, 1.165) is 51.2 Å². The van der Waals surface area contributed by atoms with Gasteiger partial charge in [-0.15, -0.1) is 0 Å². The van der Waals surface area contributed by atoms with Gasteiger partial charge >= 0.3 is 12.1 Å². The molecular formula is C22H34N2O5. The van der Waals surface area contributed by atoms with Crippen LogP contribution in [0.15, 0.2) is 24.3 Å². The summed E-state index contributed by atoms with van der Waals surface area (Å²) in [5.74, 6) is 0.402. The molecule has 0 atom stereocenters. The summed E-state index contributed by atoms with van der Waals surface area (Å²) < 4.78 is 15.9. The highest BCUT2D eigenvalue weighted by molar-refractivity contribution is 5.89. The van der Waals surface area contributed by atoms with Gasteiger partial charge in [-0.05, 0) is 77.4 Å². The molecule has 0 saturated carbocycles. The van der Waals surface area contributed by atoms with Crippen molar-refractivity contribution in [2.75, 3.05) is 46.4 Å². The molecule has 1 aliphatic heterocycles. The lowest BCUT2D eigenvalue weighted by Gasteiger charge is -2.26. The Morgan fingerprint density at radius 2 is 1.72 bits per heavy atom. The van der Waals surface area contributed by atoms with Crippen LogP contribution in [0.5, 0.6) is 5.75 Å². The van der Waals surface area contributed by atoms with E-state index in [-0.39, 0.29) is 12.1 Å². The largest absolute Gasteiger partial charge is 0.494 e. The Labute approximate surface area is 173 Å². The normalized spacial score (nSPS) is 15.5. The van der Waals surface area contributed by atoms with Crippen molar-refractivity contribution in [1.82, 2.24) is 9.80 Å². The Bertz CT molecular complexity index is 654. The van der Waals surface area contributed by atoms with Crippen LogP contribution in [0.2, 0.25) is 0 Å². The zero-order chi connectivity index (χ0) is 21.3. The topological polar surface area (TPSA) is 68.3 Å². The fraction of sp³-hybridized carbons (Fsp3) is 0.636. The summed E-state index contributed by atoms with van der Waals surface area (Å²) in [6.45, 7) is 10.6. The molecule has 1 aromatic carbocycles. The number of hydrogen-bond donors (Lipinski definition) is 0. The zero-order valence-corrected chi connectivity index (χ0v) is 18.1. The van der Waals surface area contributed by atoms with Gasteiger partial charge in [-0.3, -0.25) is 0 Å². The molecule has 0 aliphatic carbocycles. The number of benzene rings is 1. The molecule has 2 rings (SSSR count). The van der Waals surface area contributed by atoms with E-state index < -0.39 is 5.60 Å². The van der Waals surface area contributed by atoms with Gasteiger partial charge < -0.3 is 24.0 Å². The highest BCUT2D eigenvalue weighted by Gasteiger charge is 2.24. The fourth-order valence-corrected chi connectivity index (χ4v) is 3.14. The van der Waals surface area contributed by atoms with Crippen molar-refractivity contribution < 1.29 is 23.8 Å². The number of esters is 1. The molecule has 1 fully saturated rings. The van der Waals surface area contributed by atoms with E-state index in [0.29, 0.717) is 18.7 Å². The molecule has 1 aromatic rings. The minimum atomic E-state index is -0.456. The van der Waals surface area contributed by atoms with Crippen LogP contribution in [0.3, 0.4) is 0 Å². The summed E-state index contributed by atoms with van der Waals surface area (Å²) in [6.07, 6.45) is 2.73. The quantitative estimate of drug-likeness (QED) is 0.509. The number of carbonyl (C=O) groups is 2. The van der Waals surface area contributed by atoms with Crippen LogP contribution in [0.4, 0.5) is 4.79 Å². The number of nitrogens with zero attached hydrogens (tertiary/aromatic N) is 2. The van der Waals surface area contributed by atoms with Gasteiger partial charge in [-0.2, -0.15) is 0 Å². The van der Waals surface area contributed by atoms with Crippen LogP contribution in [-0.2, 0) is 9.47 Å². The van der Waals surface area contributed by atoms with Crippen molar-refractivity contribution in [2.45, 2.75) is 45.6 Å². The molecule has 29 heavy (non-hydrogen) atoms. The maximum Gasteiger partial charge on any atom is 0.410 e. The fourth-order valence-electron chi connectivity index (χ4n) is 3.14. The summed E-state index contributed by atoms with van der Waals surface area (Å²) in [4.78, 5) is 27.9. The third-order valence-corrected chi connectivity index (χ3v) is 4.65. The number of carbonyl (C=O) groups excluding carboxylic acids is 2. The summed E-state index contributed by atoms with van der Waals surface area (Å²) in [6, 6.07) is 6.97. The summed E-state index contributed by atoms with van der Waals surface area (Å²) >= 11 is 0. The molecule has 162 valence electrons. The van der Waals surface area contributed by atoms with E-state index in [4.69, 9.17) is 9.47 Å². The van der Waals surface area contributed by atoms with Gasteiger partial charge in [0.05, 0.1) is 19.3 Å². The van der Waals surface area contributed by atoms with E-state index in [1.807, 2.05) is 25.7 Å².